The van der Waals surface area contributed by atoms with Gasteiger partial charge in [-0.15, -0.1) is 0 Å². The maximum Gasteiger partial charge on any atom is 0.218 e. The first kappa shape index (κ1) is 20.6. The first-order valence-corrected chi connectivity index (χ1v) is 16.5. The third kappa shape index (κ3) is 4.15. The van der Waals surface area contributed by atoms with Crippen molar-refractivity contribution < 1.29 is 4.43 Å². The van der Waals surface area contributed by atoms with E-state index >= 15 is 0 Å². The van der Waals surface area contributed by atoms with Crippen molar-refractivity contribution in [2.75, 3.05) is 0 Å². The summed E-state index contributed by atoms with van der Waals surface area (Å²) in [6.45, 7) is 12.3. The van der Waals surface area contributed by atoms with Crippen LogP contribution in [0.1, 0.15) is 39.0 Å². The van der Waals surface area contributed by atoms with Crippen LogP contribution < -0.4 is 10.4 Å². The van der Waals surface area contributed by atoms with Crippen LogP contribution in [0.5, 0.6) is 0 Å². The maximum absolute atomic E-state index is 7.37. The molecule has 0 aromatic heterocycles. The molecule has 0 spiro atoms. The van der Waals surface area contributed by atoms with Crippen molar-refractivity contribution in [3.05, 3.63) is 60.7 Å². The van der Waals surface area contributed by atoms with Gasteiger partial charge in [0.25, 0.3) is 0 Å². The van der Waals surface area contributed by atoms with Crippen molar-refractivity contribution >= 4 is 26.8 Å². The molecule has 1 fully saturated rings. The zero-order valence-corrected chi connectivity index (χ0v) is 19.8. The van der Waals surface area contributed by atoms with Gasteiger partial charge in [-0.05, 0) is 44.0 Å². The van der Waals surface area contributed by atoms with Crippen LogP contribution in [0.4, 0.5) is 0 Å². The van der Waals surface area contributed by atoms with Gasteiger partial charge in [0.05, 0.1) is 5.22 Å². The first-order chi connectivity index (χ1) is 12.8. The van der Waals surface area contributed by atoms with Gasteiger partial charge in [-0.2, -0.15) is 0 Å². The fourth-order valence-electron chi connectivity index (χ4n) is 4.94. The quantitative estimate of drug-likeness (QED) is 0.577. The molecule has 0 radical (unpaired) electrons. The van der Waals surface area contributed by atoms with Crippen LogP contribution >= 0.6 is 0 Å². The standard InChI is InChI=1S/C24H36OSi2/c1-24(21-15-9-6-10-16-21,26(2,3)22-17-11-7-12-18-22)25-27(4,5)23-19-13-8-14-20-23/h7-8,11-14,17-21H,6,9-10,15-16H2,1-5H3. The predicted octanol–water partition coefficient (Wildman–Crippen LogP) is 5.61. The molecule has 0 N–H and O–H groups in total. The van der Waals surface area contributed by atoms with Crippen molar-refractivity contribution in [2.45, 2.75) is 70.4 Å². The summed E-state index contributed by atoms with van der Waals surface area (Å²) in [4.78, 5) is 0. The van der Waals surface area contributed by atoms with Crippen LogP contribution in [0.3, 0.4) is 0 Å². The molecule has 3 heteroatoms. The fourth-order valence-corrected chi connectivity index (χ4v) is 12.0. The van der Waals surface area contributed by atoms with Crippen molar-refractivity contribution in [3.8, 4) is 0 Å². The van der Waals surface area contributed by atoms with Gasteiger partial charge in [0.2, 0.25) is 8.32 Å². The minimum Gasteiger partial charge on any atom is -0.410 e. The third-order valence-corrected chi connectivity index (χ3v) is 14.7. The number of rotatable bonds is 6. The molecule has 2 aromatic rings. The van der Waals surface area contributed by atoms with Crippen molar-refractivity contribution in [3.63, 3.8) is 0 Å². The van der Waals surface area contributed by atoms with Gasteiger partial charge >= 0.3 is 0 Å². The smallest absolute Gasteiger partial charge is 0.218 e. The van der Waals surface area contributed by atoms with Gasteiger partial charge < -0.3 is 4.43 Å². The van der Waals surface area contributed by atoms with Crippen LogP contribution in [0.2, 0.25) is 26.2 Å². The Morgan fingerprint density at radius 2 is 1.22 bits per heavy atom. The Bertz CT molecular complexity index is 721. The summed E-state index contributed by atoms with van der Waals surface area (Å²) in [5.74, 6) is 0.670. The van der Waals surface area contributed by atoms with Crippen LogP contribution in [0.25, 0.3) is 0 Å². The second-order valence-corrected chi connectivity index (χ2v) is 18.0. The van der Waals surface area contributed by atoms with E-state index in [2.05, 4.69) is 93.8 Å². The van der Waals surface area contributed by atoms with Crippen LogP contribution in [0, 0.1) is 5.92 Å². The minimum absolute atomic E-state index is 0.0413. The van der Waals surface area contributed by atoms with E-state index in [1.165, 1.54) is 42.5 Å². The Kier molecular flexibility index (Phi) is 6.14. The van der Waals surface area contributed by atoms with E-state index < -0.39 is 16.4 Å². The molecule has 27 heavy (non-hydrogen) atoms. The molecule has 3 rings (SSSR count). The Hall–Kier alpha value is -1.17. The van der Waals surface area contributed by atoms with E-state index in [-0.39, 0.29) is 5.22 Å². The molecular weight excluding hydrogens is 360 g/mol. The summed E-state index contributed by atoms with van der Waals surface area (Å²) >= 11 is 0. The summed E-state index contributed by atoms with van der Waals surface area (Å²) < 4.78 is 7.37. The lowest BCUT2D eigenvalue weighted by atomic mass is 9.85. The topological polar surface area (TPSA) is 9.23 Å². The van der Waals surface area contributed by atoms with Crippen LogP contribution in [-0.2, 0) is 4.43 Å². The molecule has 0 bridgehead atoms. The molecule has 0 saturated heterocycles. The van der Waals surface area contributed by atoms with Gasteiger partial charge in [-0.1, -0.05) is 98.2 Å². The maximum atomic E-state index is 7.37. The molecule has 1 saturated carbocycles. The van der Waals surface area contributed by atoms with Gasteiger partial charge in [0, 0.05) is 0 Å². The molecule has 1 atom stereocenters. The van der Waals surface area contributed by atoms with Crippen LogP contribution in [-0.4, -0.2) is 21.6 Å². The Morgan fingerprint density at radius 3 is 1.74 bits per heavy atom. The van der Waals surface area contributed by atoms with Crippen LogP contribution in [0.15, 0.2) is 60.7 Å². The predicted molar refractivity (Wildman–Crippen MR) is 123 cm³/mol. The Labute approximate surface area is 168 Å². The number of hydrogen-bond acceptors (Lipinski definition) is 1. The highest BCUT2D eigenvalue weighted by molar-refractivity contribution is 6.93. The van der Waals surface area contributed by atoms with Crippen molar-refractivity contribution in [2.24, 2.45) is 5.92 Å². The highest BCUT2D eigenvalue weighted by atomic mass is 28.4. The molecule has 1 aliphatic carbocycles. The molecule has 0 heterocycles. The minimum atomic E-state index is -2.01. The highest BCUT2D eigenvalue weighted by Crippen LogP contribution is 2.42. The third-order valence-electron chi connectivity index (χ3n) is 7.06. The second-order valence-electron chi connectivity index (χ2n) is 9.41. The largest absolute Gasteiger partial charge is 0.410 e. The van der Waals surface area contributed by atoms with E-state index in [9.17, 15) is 0 Å². The number of hydrogen-bond donors (Lipinski definition) is 0. The van der Waals surface area contributed by atoms with E-state index in [1.807, 2.05) is 0 Å². The van der Waals surface area contributed by atoms with Crippen molar-refractivity contribution in [1.29, 1.82) is 0 Å². The van der Waals surface area contributed by atoms with Gasteiger partial charge in [0.15, 0.2) is 0 Å². The van der Waals surface area contributed by atoms with E-state index in [0.717, 1.165) is 0 Å². The molecule has 0 aliphatic heterocycles. The summed E-state index contributed by atoms with van der Waals surface area (Å²) in [6.07, 6.45) is 6.74. The highest BCUT2D eigenvalue weighted by Gasteiger charge is 2.53. The van der Waals surface area contributed by atoms with Gasteiger partial charge in [-0.25, -0.2) is 0 Å². The monoisotopic (exact) mass is 396 g/mol. The average Bonchev–Trinajstić information content (AvgIpc) is 2.69. The van der Waals surface area contributed by atoms with E-state index in [0.29, 0.717) is 5.92 Å². The average molecular weight is 397 g/mol. The molecule has 2 aromatic carbocycles. The SMILES string of the molecule is CC(O[Si](C)(C)c1ccccc1)(C1CCCCC1)[Si](C)(C)c1ccccc1. The molecule has 146 valence electrons. The normalized spacial score (nSPS) is 18.9. The first-order valence-electron chi connectivity index (χ1n) is 10.6. The van der Waals surface area contributed by atoms with Gasteiger partial charge in [-0.3, -0.25) is 0 Å². The summed E-state index contributed by atoms with van der Waals surface area (Å²) in [6, 6.07) is 22.2. The lowest BCUT2D eigenvalue weighted by Gasteiger charge is -2.53. The summed E-state index contributed by atoms with van der Waals surface area (Å²) in [5.41, 5.74) is 0. The molecule has 1 unspecified atom stereocenters. The summed E-state index contributed by atoms with van der Waals surface area (Å²) in [7, 11) is -3.86. The van der Waals surface area contributed by atoms with E-state index in [4.69, 9.17) is 4.43 Å². The molecule has 1 aliphatic rings. The second kappa shape index (κ2) is 8.06. The molecule has 1 nitrogen and oxygen atoms in total. The van der Waals surface area contributed by atoms with Gasteiger partial charge in [0.1, 0.15) is 8.07 Å². The van der Waals surface area contributed by atoms with E-state index in [1.54, 1.807) is 0 Å². The van der Waals surface area contributed by atoms with Crippen molar-refractivity contribution in [1.82, 2.24) is 0 Å². The Morgan fingerprint density at radius 1 is 0.741 bits per heavy atom. The lowest BCUT2D eigenvalue weighted by Crippen LogP contribution is -2.69. The lowest BCUT2D eigenvalue weighted by molar-refractivity contribution is 0.0687. The number of benzene rings is 2. The Balaban J connectivity index is 2.02. The molecule has 0 amide bonds. The zero-order valence-electron chi connectivity index (χ0n) is 17.8. The zero-order chi connectivity index (χ0) is 19.5. The fraction of sp³-hybridized carbons (Fsp3) is 0.500. The summed E-state index contributed by atoms with van der Waals surface area (Å²) in [5, 5.41) is 2.89. The molecular formula is C24H36OSi2.